The number of nitriles is 1. The van der Waals surface area contributed by atoms with Crippen LogP contribution in [0, 0.1) is 11.3 Å². The zero-order valence-corrected chi connectivity index (χ0v) is 9.37. The molecule has 0 aromatic heterocycles. The summed E-state index contributed by atoms with van der Waals surface area (Å²) >= 11 is 0. The maximum absolute atomic E-state index is 11.6. The van der Waals surface area contributed by atoms with E-state index in [1.54, 1.807) is 18.9 Å². The number of nitrogens with one attached hydrogen (secondary N) is 1. The topological polar surface area (TPSA) is 56.1 Å². The van der Waals surface area contributed by atoms with Crippen LogP contribution in [-0.4, -0.2) is 36.5 Å². The number of nitrogens with zero attached hydrogens (tertiary/aromatic N) is 2. The van der Waals surface area contributed by atoms with Crippen molar-refractivity contribution >= 4 is 5.91 Å². The highest BCUT2D eigenvalue weighted by molar-refractivity contribution is 5.81. The molecule has 0 aliphatic heterocycles. The van der Waals surface area contributed by atoms with Gasteiger partial charge in [-0.1, -0.05) is 6.92 Å². The van der Waals surface area contributed by atoms with Crippen molar-refractivity contribution in [1.29, 1.82) is 5.26 Å². The monoisotopic (exact) mass is 197 g/mol. The lowest BCUT2D eigenvalue weighted by Crippen LogP contribution is -2.46. The smallest absolute Gasteiger partial charge is 0.237 e. The number of hydrogen-bond acceptors (Lipinski definition) is 3. The van der Waals surface area contributed by atoms with Gasteiger partial charge in [0.2, 0.25) is 5.91 Å². The van der Waals surface area contributed by atoms with Crippen LogP contribution in [0.1, 0.15) is 27.2 Å². The van der Waals surface area contributed by atoms with E-state index in [1.165, 1.54) is 0 Å². The molecule has 0 fully saturated rings. The van der Waals surface area contributed by atoms with E-state index in [0.29, 0.717) is 0 Å². The molecule has 0 rings (SSSR count). The summed E-state index contributed by atoms with van der Waals surface area (Å²) in [5, 5.41) is 11.4. The number of rotatable bonds is 5. The maximum Gasteiger partial charge on any atom is 0.237 e. The summed E-state index contributed by atoms with van der Waals surface area (Å²) in [6.45, 7) is 6.06. The molecule has 1 amide bonds. The van der Waals surface area contributed by atoms with Crippen molar-refractivity contribution < 1.29 is 4.79 Å². The first-order valence-electron chi connectivity index (χ1n) is 4.90. The Hall–Kier alpha value is -1.08. The molecule has 4 heteroatoms. The largest absolute Gasteiger partial charge is 0.352 e. The van der Waals surface area contributed by atoms with E-state index in [1.807, 2.05) is 19.9 Å². The molecule has 0 saturated carbocycles. The summed E-state index contributed by atoms with van der Waals surface area (Å²) < 4.78 is 0. The summed E-state index contributed by atoms with van der Waals surface area (Å²) in [6.07, 6.45) is 0.917. The highest BCUT2D eigenvalue weighted by Gasteiger charge is 2.18. The second-order valence-electron chi connectivity index (χ2n) is 3.57. The number of carbonyl (C=O) groups is 1. The molecular weight excluding hydrogens is 178 g/mol. The van der Waals surface area contributed by atoms with E-state index >= 15 is 0 Å². The van der Waals surface area contributed by atoms with Gasteiger partial charge in [-0.3, -0.25) is 9.69 Å². The standard InChI is InChI=1S/C10H19N3O/c1-5-8(2)12-10(14)9(3)13(4)7-6-11/h8-9H,5,7H2,1-4H3,(H,12,14). The molecule has 0 aliphatic rings. The molecule has 0 radical (unpaired) electrons. The van der Waals surface area contributed by atoms with Gasteiger partial charge in [0.25, 0.3) is 0 Å². The molecular formula is C10H19N3O. The first kappa shape index (κ1) is 12.9. The molecule has 0 aromatic rings. The molecule has 0 spiro atoms. The van der Waals surface area contributed by atoms with Gasteiger partial charge >= 0.3 is 0 Å². The molecule has 0 aromatic carbocycles. The minimum Gasteiger partial charge on any atom is -0.352 e. The molecule has 0 bridgehead atoms. The van der Waals surface area contributed by atoms with E-state index < -0.39 is 0 Å². The van der Waals surface area contributed by atoms with Gasteiger partial charge in [-0.25, -0.2) is 0 Å². The molecule has 1 N–H and O–H groups in total. The third-order valence-corrected chi connectivity index (χ3v) is 2.36. The third-order valence-electron chi connectivity index (χ3n) is 2.36. The van der Waals surface area contributed by atoms with E-state index in [-0.39, 0.29) is 24.5 Å². The minimum absolute atomic E-state index is 0.0166. The molecule has 2 unspecified atom stereocenters. The van der Waals surface area contributed by atoms with Gasteiger partial charge < -0.3 is 5.32 Å². The molecule has 2 atom stereocenters. The van der Waals surface area contributed by atoms with E-state index in [2.05, 4.69) is 5.32 Å². The Morgan fingerprint density at radius 3 is 2.57 bits per heavy atom. The maximum atomic E-state index is 11.6. The van der Waals surface area contributed by atoms with Crippen LogP contribution in [0.5, 0.6) is 0 Å². The Morgan fingerprint density at radius 1 is 1.57 bits per heavy atom. The van der Waals surface area contributed by atoms with E-state index in [9.17, 15) is 4.79 Å². The van der Waals surface area contributed by atoms with Crippen LogP contribution < -0.4 is 5.32 Å². The fourth-order valence-electron chi connectivity index (χ4n) is 0.914. The summed E-state index contributed by atoms with van der Waals surface area (Å²) in [5.74, 6) is -0.0166. The number of amides is 1. The van der Waals surface area contributed by atoms with Crippen molar-refractivity contribution in [2.75, 3.05) is 13.6 Å². The number of carbonyl (C=O) groups excluding carboxylic acids is 1. The summed E-state index contributed by atoms with van der Waals surface area (Å²) in [4.78, 5) is 13.3. The van der Waals surface area contributed by atoms with Crippen LogP contribution in [0.3, 0.4) is 0 Å². The van der Waals surface area contributed by atoms with Crippen molar-refractivity contribution in [3.63, 3.8) is 0 Å². The quantitative estimate of drug-likeness (QED) is 0.661. The van der Waals surface area contributed by atoms with Crippen molar-refractivity contribution in [1.82, 2.24) is 10.2 Å². The first-order chi connectivity index (χ1) is 6.52. The van der Waals surface area contributed by atoms with E-state index in [0.717, 1.165) is 6.42 Å². The van der Waals surface area contributed by atoms with Crippen molar-refractivity contribution in [2.24, 2.45) is 0 Å². The van der Waals surface area contributed by atoms with Crippen molar-refractivity contribution in [3.05, 3.63) is 0 Å². The lowest BCUT2D eigenvalue weighted by Gasteiger charge is -2.22. The van der Waals surface area contributed by atoms with Gasteiger partial charge in [-0.15, -0.1) is 0 Å². The Labute approximate surface area is 85.9 Å². The molecule has 14 heavy (non-hydrogen) atoms. The van der Waals surface area contributed by atoms with Gasteiger partial charge in [-0.05, 0) is 27.3 Å². The summed E-state index contributed by atoms with van der Waals surface area (Å²) in [6, 6.07) is 1.96. The van der Waals surface area contributed by atoms with Gasteiger partial charge in [-0.2, -0.15) is 5.26 Å². The molecule has 4 nitrogen and oxygen atoms in total. The summed E-state index contributed by atoms with van der Waals surface area (Å²) in [5.41, 5.74) is 0. The average molecular weight is 197 g/mol. The van der Waals surface area contributed by atoms with Crippen LogP contribution in [-0.2, 0) is 4.79 Å². The van der Waals surface area contributed by atoms with Crippen LogP contribution in [0.2, 0.25) is 0 Å². The fraction of sp³-hybridized carbons (Fsp3) is 0.800. The van der Waals surface area contributed by atoms with Gasteiger partial charge in [0.05, 0.1) is 18.7 Å². The minimum atomic E-state index is -0.247. The Morgan fingerprint density at radius 2 is 2.14 bits per heavy atom. The van der Waals surface area contributed by atoms with Crippen molar-refractivity contribution in [3.8, 4) is 6.07 Å². The highest BCUT2D eigenvalue weighted by Crippen LogP contribution is 1.96. The normalized spacial score (nSPS) is 14.6. The zero-order valence-electron chi connectivity index (χ0n) is 9.37. The predicted molar refractivity (Wildman–Crippen MR) is 55.6 cm³/mol. The Bertz CT molecular complexity index is 222. The molecule has 80 valence electrons. The summed E-state index contributed by atoms with van der Waals surface area (Å²) in [7, 11) is 1.77. The third kappa shape index (κ3) is 4.24. The van der Waals surface area contributed by atoms with Crippen LogP contribution >= 0.6 is 0 Å². The van der Waals surface area contributed by atoms with E-state index in [4.69, 9.17) is 5.26 Å². The molecule has 0 saturated heterocycles. The second kappa shape index (κ2) is 6.39. The van der Waals surface area contributed by atoms with Crippen LogP contribution in [0.15, 0.2) is 0 Å². The van der Waals surface area contributed by atoms with Gasteiger partial charge in [0.1, 0.15) is 0 Å². The lowest BCUT2D eigenvalue weighted by atomic mass is 10.2. The molecule has 0 aliphatic carbocycles. The average Bonchev–Trinajstić information content (AvgIpc) is 2.16. The van der Waals surface area contributed by atoms with Gasteiger partial charge in [0.15, 0.2) is 0 Å². The lowest BCUT2D eigenvalue weighted by molar-refractivity contribution is -0.125. The number of likely N-dealkylation sites (N-methyl/N-ethyl adjacent to an activating group) is 1. The first-order valence-corrected chi connectivity index (χ1v) is 4.90. The van der Waals surface area contributed by atoms with Crippen molar-refractivity contribution in [2.45, 2.75) is 39.3 Å². The molecule has 0 heterocycles. The SMILES string of the molecule is CCC(C)NC(=O)C(C)N(C)CC#N. The Balaban J connectivity index is 4.05. The highest BCUT2D eigenvalue weighted by atomic mass is 16.2. The number of hydrogen-bond donors (Lipinski definition) is 1. The van der Waals surface area contributed by atoms with Crippen LogP contribution in [0.4, 0.5) is 0 Å². The Kier molecular flexibility index (Phi) is 5.89. The zero-order chi connectivity index (χ0) is 11.1. The van der Waals surface area contributed by atoms with Crippen LogP contribution in [0.25, 0.3) is 0 Å². The van der Waals surface area contributed by atoms with Gasteiger partial charge in [0, 0.05) is 6.04 Å². The fourth-order valence-corrected chi connectivity index (χ4v) is 0.914. The second-order valence-corrected chi connectivity index (χ2v) is 3.57. The predicted octanol–water partition coefficient (Wildman–Crippen LogP) is 0.745.